The van der Waals surface area contributed by atoms with Gasteiger partial charge in [0.15, 0.2) is 5.13 Å². The number of carbonyl (C=O) groups is 2. The fourth-order valence-electron chi connectivity index (χ4n) is 3.06. The van der Waals surface area contributed by atoms with Crippen molar-refractivity contribution >= 4 is 38.3 Å². The minimum atomic E-state index is -3.28. The van der Waals surface area contributed by atoms with E-state index in [1.807, 2.05) is 0 Å². The molecule has 156 valence electrons. The number of nitrogens with one attached hydrogen (secondary N) is 2. The summed E-state index contributed by atoms with van der Waals surface area (Å²) < 4.78 is 38.4. The molecule has 1 aromatic heterocycles. The molecule has 1 atom stereocenters. The van der Waals surface area contributed by atoms with Crippen LogP contribution < -0.4 is 10.6 Å². The topological polar surface area (TPSA) is 108 Å². The van der Waals surface area contributed by atoms with Crippen LogP contribution in [0.1, 0.15) is 28.9 Å². The summed E-state index contributed by atoms with van der Waals surface area (Å²) in [6, 6.07) is 5.38. The lowest BCUT2D eigenvalue weighted by atomic mass is 10.1. The van der Waals surface area contributed by atoms with Crippen LogP contribution in [0.5, 0.6) is 0 Å². The number of thiazole rings is 1. The summed E-state index contributed by atoms with van der Waals surface area (Å²) in [5, 5.41) is 7.26. The molecule has 0 aliphatic carbocycles. The van der Waals surface area contributed by atoms with Crippen LogP contribution in [0.3, 0.4) is 0 Å². The number of hydrogen-bond acceptors (Lipinski definition) is 6. The molecule has 2 N–H and O–H groups in total. The van der Waals surface area contributed by atoms with Gasteiger partial charge in [-0.25, -0.2) is 22.1 Å². The maximum atomic E-state index is 13.7. The maximum Gasteiger partial charge on any atom is 0.260 e. The van der Waals surface area contributed by atoms with Gasteiger partial charge in [0.05, 0.1) is 23.9 Å². The number of nitrogens with zero attached hydrogens (tertiary/aromatic N) is 2. The number of carbonyl (C=O) groups excluding carboxylic acids is 2. The zero-order chi connectivity index (χ0) is 21.0. The van der Waals surface area contributed by atoms with Gasteiger partial charge >= 0.3 is 0 Å². The molecule has 2 amide bonds. The Labute approximate surface area is 172 Å². The Morgan fingerprint density at radius 3 is 2.83 bits per heavy atom. The zero-order valence-corrected chi connectivity index (χ0v) is 17.4. The van der Waals surface area contributed by atoms with Gasteiger partial charge in [0.2, 0.25) is 15.9 Å². The summed E-state index contributed by atoms with van der Waals surface area (Å²) in [6.45, 7) is 0.716. The van der Waals surface area contributed by atoms with Gasteiger partial charge in [-0.15, -0.1) is 11.3 Å². The molecule has 3 rings (SSSR count). The lowest BCUT2D eigenvalue weighted by Crippen LogP contribution is -2.49. The number of hydrogen-bond donors (Lipinski definition) is 2. The smallest absolute Gasteiger partial charge is 0.260 e. The van der Waals surface area contributed by atoms with Gasteiger partial charge in [-0.05, 0) is 25.0 Å². The van der Waals surface area contributed by atoms with E-state index in [0.717, 1.165) is 17.6 Å². The van der Waals surface area contributed by atoms with E-state index < -0.39 is 21.7 Å². The van der Waals surface area contributed by atoms with E-state index >= 15 is 0 Å². The molecule has 11 heteroatoms. The second-order valence-corrected chi connectivity index (χ2v) is 9.62. The predicted octanol–water partition coefficient (Wildman–Crippen LogP) is 1.62. The fourth-order valence-corrected chi connectivity index (χ4v) is 4.68. The largest absolute Gasteiger partial charge is 0.352 e. The normalized spacial score (nSPS) is 17.7. The van der Waals surface area contributed by atoms with Crippen molar-refractivity contribution in [3.05, 3.63) is 46.7 Å². The van der Waals surface area contributed by atoms with Gasteiger partial charge in [-0.1, -0.05) is 12.1 Å². The predicted molar refractivity (Wildman–Crippen MR) is 108 cm³/mol. The third-order valence-corrected chi connectivity index (χ3v) is 6.53. The highest BCUT2D eigenvalue weighted by Gasteiger charge is 2.27. The van der Waals surface area contributed by atoms with E-state index in [1.54, 1.807) is 11.4 Å². The molecule has 8 nitrogen and oxygen atoms in total. The van der Waals surface area contributed by atoms with Crippen molar-refractivity contribution in [3.8, 4) is 0 Å². The summed E-state index contributed by atoms with van der Waals surface area (Å²) in [5.74, 6) is -1.52. The van der Waals surface area contributed by atoms with Gasteiger partial charge in [-0.2, -0.15) is 0 Å². The lowest BCUT2D eigenvalue weighted by molar-refractivity contribution is -0.121. The minimum absolute atomic E-state index is 0.00143. The fraction of sp³-hybridized carbons (Fsp3) is 0.389. The van der Waals surface area contributed by atoms with Crippen molar-refractivity contribution in [1.82, 2.24) is 14.6 Å². The van der Waals surface area contributed by atoms with E-state index in [-0.39, 0.29) is 35.6 Å². The van der Waals surface area contributed by atoms with Crippen LogP contribution in [-0.4, -0.2) is 54.9 Å². The van der Waals surface area contributed by atoms with Gasteiger partial charge in [-0.3, -0.25) is 14.9 Å². The molecule has 1 aliphatic heterocycles. The average Bonchev–Trinajstić information content (AvgIpc) is 3.08. The van der Waals surface area contributed by atoms with Crippen LogP contribution in [0.25, 0.3) is 0 Å². The number of anilines is 1. The Morgan fingerprint density at radius 2 is 2.10 bits per heavy atom. The van der Waals surface area contributed by atoms with Crippen LogP contribution in [-0.2, 0) is 21.2 Å². The number of amides is 2. The number of rotatable bonds is 6. The second-order valence-electron chi connectivity index (χ2n) is 6.78. The Balaban J connectivity index is 1.54. The molecule has 2 aromatic rings. The molecule has 1 unspecified atom stereocenters. The number of sulfonamides is 1. The molecule has 1 fully saturated rings. The first-order valence-electron chi connectivity index (χ1n) is 8.97. The van der Waals surface area contributed by atoms with Crippen molar-refractivity contribution < 1.29 is 22.4 Å². The van der Waals surface area contributed by atoms with Crippen LogP contribution in [0.15, 0.2) is 29.6 Å². The minimum Gasteiger partial charge on any atom is -0.352 e. The summed E-state index contributed by atoms with van der Waals surface area (Å²) in [4.78, 5) is 28.6. The second kappa shape index (κ2) is 8.97. The van der Waals surface area contributed by atoms with Crippen LogP contribution in [0, 0.1) is 5.82 Å². The number of benzene rings is 1. The van der Waals surface area contributed by atoms with E-state index in [9.17, 15) is 22.4 Å². The average molecular weight is 441 g/mol. The molecule has 1 aliphatic rings. The van der Waals surface area contributed by atoms with E-state index in [1.165, 1.54) is 22.5 Å². The van der Waals surface area contributed by atoms with E-state index in [4.69, 9.17) is 0 Å². The molecular formula is C18H21FN4O4S2. The highest BCUT2D eigenvalue weighted by Crippen LogP contribution is 2.18. The molecule has 0 spiro atoms. The molecule has 0 radical (unpaired) electrons. The molecular weight excluding hydrogens is 419 g/mol. The summed E-state index contributed by atoms with van der Waals surface area (Å²) in [5.41, 5.74) is 0.377. The maximum absolute atomic E-state index is 13.7. The Hall–Kier alpha value is -2.37. The number of piperidine rings is 1. The van der Waals surface area contributed by atoms with Crippen molar-refractivity contribution in [2.24, 2.45) is 0 Å². The molecule has 29 heavy (non-hydrogen) atoms. The molecule has 1 aromatic carbocycles. The van der Waals surface area contributed by atoms with Crippen LogP contribution in [0.4, 0.5) is 9.52 Å². The number of halogens is 1. The monoisotopic (exact) mass is 440 g/mol. The first-order valence-corrected chi connectivity index (χ1v) is 11.7. The van der Waals surface area contributed by atoms with E-state index in [0.29, 0.717) is 25.1 Å². The van der Waals surface area contributed by atoms with Gasteiger partial charge in [0.25, 0.3) is 5.91 Å². The van der Waals surface area contributed by atoms with Crippen molar-refractivity contribution in [3.63, 3.8) is 0 Å². The molecule has 0 saturated carbocycles. The van der Waals surface area contributed by atoms with Gasteiger partial charge in [0, 0.05) is 24.5 Å². The summed E-state index contributed by atoms with van der Waals surface area (Å²) >= 11 is 1.14. The van der Waals surface area contributed by atoms with Crippen molar-refractivity contribution in [2.75, 3.05) is 24.7 Å². The Bertz CT molecular complexity index is 1010. The van der Waals surface area contributed by atoms with Gasteiger partial charge < -0.3 is 5.32 Å². The van der Waals surface area contributed by atoms with Gasteiger partial charge in [0.1, 0.15) is 5.82 Å². The first-order chi connectivity index (χ1) is 13.7. The summed E-state index contributed by atoms with van der Waals surface area (Å²) in [6.07, 6.45) is 2.55. The highest BCUT2D eigenvalue weighted by atomic mass is 32.2. The highest BCUT2D eigenvalue weighted by molar-refractivity contribution is 7.88. The molecule has 1 saturated heterocycles. The summed E-state index contributed by atoms with van der Waals surface area (Å²) in [7, 11) is -3.28. The first kappa shape index (κ1) is 21.3. The van der Waals surface area contributed by atoms with Crippen LogP contribution >= 0.6 is 11.3 Å². The van der Waals surface area contributed by atoms with Crippen molar-refractivity contribution in [2.45, 2.75) is 25.3 Å². The lowest BCUT2D eigenvalue weighted by Gasteiger charge is -2.31. The number of aromatic nitrogens is 1. The van der Waals surface area contributed by atoms with E-state index in [2.05, 4.69) is 15.6 Å². The van der Waals surface area contributed by atoms with Crippen LogP contribution in [0.2, 0.25) is 0 Å². The molecule has 2 heterocycles. The third kappa shape index (κ3) is 5.81. The quantitative estimate of drug-likeness (QED) is 0.710. The third-order valence-electron chi connectivity index (χ3n) is 4.45. The Morgan fingerprint density at radius 1 is 1.34 bits per heavy atom. The SMILES string of the molecule is CS(=O)(=O)N1CCCC(NC(=O)Cc2csc(NC(=O)c3ccccc3F)n2)C1. The Kier molecular flexibility index (Phi) is 6.60. The standard InChI is InChI=1S/C18H21FN4O4S2/c1-29(26,27)23-8-4-5-12(10-23)20-16(24)9-13-11-28-18(21-13)22-17(25)14-6-2-3-7-15(14)19/h2-3,6-7,11-12H,4-5,8-10H2,1H3,(H,20,24)(H,21,22,25). The van der Waals surface area contributed by atoms with Crippen molar-refractivity contribution in [1.29, 1.82) is 0 Å². The zero-order valence-electron chi connectivity index (χ0n) is 15.7. The molecule has 0 bridgehead atoms.